The Morgan fingerprint density at radius 1 is 0.442 bits per heavy atom. The number of hydrogen-bond donors (Lipinski definition) is 2. The summed E-state index contributed by atoms with van der Waals surface area (Å²) in [7, 11) is 0. The summed E-state index contributed by atoms with van der Waals surface area (Å²) in [6.45, 7) is 1.39. The lowest BCUT2D eigenvalue weighted by molar-refractivity contribution is 0.475. The van der Waals surface area contributed by atoms with Crippen LogP contribution in [0.2, 0.25) is 0 Å². The zero-order chi connectivity index (χ0) is 28.9. The summed E-state index contributed by atoms with van der Waals surface area (Å²) in [6.07, 6.45) is 6.56. The fourth-order valence-corrected chi connectivity index (χ4v) is 6.80. The van der Waals surface area contributed by atoms with E-state index in [0.29, 0.717) is 13.1 Å². The lowest BCUT2D eigenvalue weighted by Gasteiger charge is -2.13. The molecule has 0 saturated carbocycles. The van der Waals surface area contributed by atoms with E-state index in [2.05, 4.69) is 94.9 Å². The summed E-state index contributed by atoms with van der Waals surface area (Å²) in [6, 6.07) is 33.3. The molecule has 43 heavy (non-hydrogen) atoms. The van der Waals surface area contributed by atoms with Gasteiger partial charge < -0.3 is 10.2 Å². The van der Waals surface area contributed by atoms with Gasteiger partial charge in [0.2, 0.25) is 0 Å². The van der Waals surface area contributed by atoms with Gasteiger partial charge in [0.05, 0.1) is 0 Å². The third kappa shape index (κ3) is 4.21. The molecule has 4 nitrogen and oxygen atoms in total. The minimum absolute atomic E-state index is 0.263. The Kier molecular flexibility index (Phi) is 6.07. The van der Waals surface area contributed by atoms with E-state index in [1.54, 1.807) is 0 Å². The van der Waals surface area contributed by atoms with Gasteiger partial charge in [-0.2, -0.15) is 0 Å². The molecule has 0 aliphatic rings. The van der Waals surface area contributed by atoms with Gasteiger partial charge in [-0.05, 0) is 96.0 Å². The van der Waals surface area contributed by atoms with Crippen LogP contribution in [0.4, 0.5) is 0 Å². The summed E-state index contributed by atoms with van der Waals surface area (Å²) >= 11 is 0. The van der Waals surface area contributed by atoms with E-state index in [1.807, 2.05) is 24.6 Å². The van der Waals surface area contributed by atoms with Crippen molar-refractivity contribution in [3.05, 3.63) is 108 Å². The molecular weight excluding hydrogens is 528 g/mol. The van der Waals surface area contributed by atoms with Crippen LogP contribution >= 0.6 is 0 Å². The number of aromatic hydroxyl groups is 2. The van der Waals surface area contributed by atoms with Crippen LogP contribution in [0.15, 0.2) is 107 Å². The predicted molar refractivity (Wildman–Crippen MR) is 182 cm³/mol. The molecule has 8 aromatic carbocycles. The largest absolute Gasteiger partial charge is 0.507 e. The Hall–Kier alpha value is -5.22. The molecule has 0 heterocycles. The first-order chi connectivity index (χ1) is 21.2. The van der Waals surface area contributed by atoms with Crippen LogP contribution in [-0.2, 0) is 0 Å². The predicted octanol–water partition coefficient (Wildman–Crippen LogP) is 9.60. The molecule has 0 spiro atoms. The summed E-state index contributed by atoms with van der Waals surface area (Å²) in [5.41, 5.74) is 1.56. The van der Waals surface area contributed by atoms with Gasteiger partial charge in [-0.25, -0.2) is 0 Å². The van der Waals surface area contributed by atoms with Gasteiger partial charge in [0.1, 0.15) is 11.5 Å². The maximum Gasteiger partial charge on any atom is 0.125 e. The van der Waals surface area contributed by atoms with Crippen molar-refractivity contribution in [2.45, 2.75) is 19.3 Å². The molecule has 4 heteroatoms. The number of benzene rings is 8. The van der Waals surface area contributed by atoms with Crippen LogP contribution < -0.4 is 0 Å². The highest BCUT2D eigenvalue weighted by Gasteiger charge is 2.14. The van der Waals surface area contributed by atoms with Crippen LogP contribution in [-0.4, -0.2) is 35.7 Å². The smallest absolute Gasteiger partial charge is 0.125 e. The van der Waals surface area contributed by atoms with Gasteiger partial charge in [-0.15, -0.1) is 0 Å². The van der Waals surface area contributed by atoms with Crippen LogP contribution in [0, 0.1) is 0 Å². The van der Waals surface area contributed by atoms with Gasteiger partial charge in [-0.1, -0.05) is 84.9 Å². The number of rotatable bonds is 8. The number of nitrogens with zero attached hydrogens (tertiary/aromatic N) is 2. The maximum atomic E-state index is 10.8. The quantitative estimate of drug-likeness (QED) is 0.111. The topological polar surface area (TPSA) is 65.2 Å². The van der Waals surface area contributed by atoms with Crippen molar-refractivity contribution in [1.82, 2.24) is 0 Å². The fraction of sp³-hybridized carbons (Fsp3) is 0.128. The molecule has 0 atom stereocenters. The Morgan fingerprint density at radius 3 is 1.28 bits per heavy atom. The van der Waals surface area contributed by atoms with E-state index >= 15 is 0 Å². The summed E-state index contributed by atoms with van der Waals surface area (Å²) in [4.78, 5) is 9.36. The second kappa shape index (κ2) is 10.2. The molecule has 0 saturated heterocycles. The van der Waals surface area contributed by atoms with Gasteiger partial charge >= 0.3 is 0 Å². The summed E-state index contributed by atoms with van der Waals surface area (Å²) in [5, 5.41) is 35.5. The van der Waals surface area contributed by atoms with E-state index in [1.165, 1.54) is 43.1 Å². The van der Waals surface area contributed by atoms with Crippen molar-refractivity contribution < 1.29 is 10.2 Å². The first kappa shape index (κ1) is 25.5. The normalized spacial score (nSPS) is 12.7. The summed E-state index contributed by atoms with van der Waals surface area (Å²) in [5.74, 6) is 0.526. The minimum Gasteiger partial charge on any atom is -0.507 e. The molecule has 208 valence electrons. The van der Waals surface area contributed by atoms with Crippen LogP contribution in [0.5, 0.6) is 11.5 Å². The van der Waals surface area contributed by atoms with Crippen molar-refractivity contribution in [1.29, 1.82) is 0 Å². The molecule has 2 N–H and O–H groups in total. The van der Waals surface area contributed by atoms with Crippen molar-refractivity contribution in [3.8, 4) is 11.5 Å². The minimum atomic E-state index is 0.263. The molecule has 0 bridgehead atoms. The number of aliphatic imine (C=N–C) groups is 2. The number of phenols is 2. The molecular formula is C39H30N2O2. The van der Waals surface area contributed by atoms with E-state index < -0.39 is 0 Å². The van der Waals surface area contributed by atoms with Crippen molar-refractivity contribution in [2.75, 3.05) is 13.1 Å². The average Bonchev–Trinajstić information content (AvgIpc) is 3.03. The Labute approximate surface area is 248 Å². The van der Waals surface area contributed by atoms with Gasteiger partial charge in [0.15, 0.2) is 0 Å². The first-order valence-electron chi connectivity index (χ1n) is 15.0. The van der Waals surface area contributed by atoms with Crippen LogP contribution in [0.1, 0.15) is 30.4 Å². The molecule has 0 unspecified atom stereocenters. The molecule has 0 aromatic heterocycles. The Bertz CT molecular complexity index is 2150. The molecule has 0 aliphatic carbocycles. The van der Waals surface area contributed by atoms with E-state index in [4.69, 9.17) is 0 Å². The standard InChI is InChI=1S/C39H30N2O2/c42-34-20-28-12-10-24-6-4-8-26-14-16-30(38(28)36(24)26)32(34)22-40-18-2-1-3-19-41-23-33-31-17-15-27-9-5-7-25-11-13-29(21-35(33)43)39(31)37(25)27/h4-17,20-23,42-43H,1-3,18-19H2. The van der Waals surface area contributed by atoms with E-state index in [9.17, 15) is 10.2 Å². The SMILES string of the molecule is Oc1cc2ccc3cccc4ccc(c1C=NCCCCCN=Cc1c(O)cc5ccc6cccc7ccc1c5c67)c2c34. The number of hydrogen-bond acceptors (Lipinski definition) is 4. The Balaban J connectivity index is 0.936. The third-order valence-electron chi connectivity index (χ3n) is 8.85. The highest BCUT2D eigenvalue weighted by molar-refractivity contribution is 6.27. The van der Waals surface area contributed by atoms with E-state index in [-0.39, 0.29) is 11.5 Å². The zero-order valence-corrected chi connectivity index (χ0v) is 23.7. The fourth-order valence-electron chi connectivity index (χ4n) is 6.80. The van der Waals surface area contributed by atoms with E-state index in [0.717, 1.165) is 51.9 Å². The lowest BCUT2D eigenvalue weighted by Crippen LogP contribution is -1.93. The van der Waals surface area contributed by atoms with Gasteiger partial charge in [0, 0.05) is 36.6 Å². The molecule has 0 radical (unpaired) electrons. The lowest BCUT2D eigenvalue weighted by atomic mass is 9.92. The third-order valence-corrected chi connectivity index (χ3v) is 8.85. The molecule has 8 rings (SSSR count). The number of unbranched alkanes of at least 4 members (excludes halogenated alkanes) is 2. The Morgan fingerprint density at radius 2 is 0.837 bits per heavy atom. The zero-order valence-electron chi connectivity index (χ0n) is 23.7. The first-order valence-corrected chi connectivity index (χ1v) is 15.0. The monoisotopic (exact) mass is 558 g/mol. The molecule has 0 aliphatic heterocycles. The van der Waals surface area contributed by atoms with Crippen molar-refractivity contribution in [3.63, 3.8) is 0 Å². The maximum absolute atomic E-state index is 10.8. The molecule has 8 aromatic rings. The van der Waals surface area contributed by atoms with Crippen LogP contribution in [0.25, 0.3) is 64.6 Å². The number of phenolic OH excluding ortho intramolecular Hbond substituents is 2. The highest BCUT2D eigenvalue weighted by Crippen LogP contribution is 2.40. The van der Waals surface area contributed by atoms with Gasteiger partial charge in [-0.3, -0.25) is 9.98 Å². The molecule has 0 amide bonds. The molecule has 0 fully saturated rings. The van der Waals surface area contributed by atoms with Crippen molar-refractivity contribution in [2.24, 2.45) is 9.98 Å². The average molecular weight is 559 g/mol. The van der Waals surface area contributed by atoms with Crippen molar-refractivity contribution >= 4 is 77.1 Å². The van der Waals surface area contributed by atoms with Gasteiger partial charge in [0.25, 0.3) is 0 Å². The second-order valence-electron chi connectivity index (χ2n) is 11.5. The highest BCUT2D eigenvalue weighted by atomic mass is 16.3. The van der Waals surface area contributed by atoms with Crippen LogP contribution in [0.3, 0.4) is 0 Å². The summed E-state index contributed by atoms with van der Waals surface area (Å²) < 4.78 is 0. The second-order valence-corrected chi connectivity index (χ2v) is 11.5.